The van der Waals surface area contributed by atoms with Crippen LogP contribution in [0.5, 0.6) is 0 Å². The average Bonchev–Trinajstić information content (AvgIpc) is 2.79. The van der Waals surface area contributed by atoms with Crippen LogP contribution < -0.4 is 10.6 Å². The van der Waals surface area contributed by atoms with E-state index in [0.29, 0.717) is 12.6 Å². The smallest absolute Gasteiger partial charge is 0.234 e. The highest BCUT2D eigenvalue weighted by atomic mass is 32.1. The van der Waals surface area contributed by atoms with Gasteiger partial charge in [-0.1, -0.05) is 6.92 Å². The van der Waals surface area contributed by atoms with Crippen molar-refractivity contribution in [2.45, 2.75) is 45.7 Å². The Kier molecular flexibility index (Phi) is 6.22. The third-order valence-corrected chi connectivity index (χ3v) is 3.48. The van der Waals surface area contributed by atoms with Crippen LogP contribution in [0.25, 0.3) is 0 Å². The summed E-state index contributed by atoms with van der Waals surface area (Å²) in [5.41, 5.74) is 1.33. The third kappa shape index (κ3) is 5.84. The Morgan fingerprint density at radius 1 is 1.41 bits per heavy atom. The molecule has 0 fully saturated rings. The Morgan fingerprint density at radius 3 is 2.76 bits per heavy atom. The number of carbonyl (C=O) groups is 1. The summed E-state index contributed by atoms with van der Waals surface area (Å²) in [5, 5.41) is 10.4. The van der Waals surface area contributed by atoms with E-state index in [0.717, 1.165) is 12.8 Å². The highest BCUT2D eigenvalue weighted by Crippen LogP contribution is 2.08. The van der Waals surface area contributed by atoms with Crippen molar-refractivity contribution >= 4 is 17.2 Å². The normalized spacial score (nSPS) is 14.3. The van der Waals surface area contributed by atoms with Crippen LogP contribution in [-0.4, -0.2) is 24.5 Å². The van der Waals surface area contributed by atoms with E-state index in [1.807, 2.05) is 6.92 Å². The van der Waals surface area contributed by atoms with Crippen molar-refractivity contribution < 1.29 is 4.79 Å². The van der Waals surface area contributed by atoms with Gasteiger partial charge in [-0.25, -0.2) is 0 Å². The first kappa shape index (κ1) is 14.2. The molecule has 1 aromatic heterocycles. The number of hydrogen-bond acceptors (Lipinski definition) is 3. The highest BCUT2D eigenvalue weighted by molar-refractivity contribution is 7.07. The Bertz CT molecular complexity index is 324. The second kappa shape index (κ2) is 7.45. The summed E-state index contributed by atoms with van der Waals surface area (Å²) in [6, 6.07) is 2.71. The lowest BCUT2D eigenvalue weighted by Crippen LogP contribution is -2.41. The first-order chi connectivity index (χ1) is 8.11. The summed E-state index contributed by atoms with van der Waals surface area (Å²) < 4.78 is 0. The maximum atomic E-state index is 11.5. The summed E-state index contributed by atoms with van der Waals surface area (Å²) >= 11 is 1.71. The fourth-order valence-corrected chi connectivity index (χ4v) is 2.21. The zero-order valence-electron chi connectivity index (χ0n) is 10.8. The first-order valence-corrected chi connectivity index (χ1v) is 7.10. The molecule has 0 spiro atoms. The van der Waals surface area contributed by atoms with E-state index in [-0.39, 0.29) is 11.9 Å². The molecular weight excluding hydrogens is 232 g/mol. The van der Waals surface area contributed by atoms with Crippen molar-refractivity contribution in [1.82, 2.24) is 10.6 Å². The molecule has 0 radical (unpaired) electrons. The van der Waals surface area contributed by atoms with E-state index in [4.69, 9.17) is 0 Å². The number of rotatable bonds is 7. The lowest BCUT2D eigenvalue weighted by Gasteiger charge is -2.15. The summed E-state index contributed by atoms with van der Waals surface area (Å²) in [7, 11) is 0. The molecule has 2 N–H and O–H groups in total. The van der Waals surface area contributed by atoms with E-state index < -0.39 is 0 Å². The minimum absolute atomic E-state index is 0.0801. The molecular formula is C13H22N2OS. The van der Waals surface area contributed by atoms with Gasteiger partial charge in [0, 0.05) is 12.1 Å². The molecule has 0 aliphatic carbocycles. The van der Waals surface area contributed by atoms with Gasteiger partial charge in [0.25, 0.3) is 0 Å². The Morgan fingerprint density at radius 2 is 2.18 bits per heavy atom. The molecule has 2 unspecified atom stereocenters. The fourth-order valence-electron chi connectivity index (χ4n) is 1.53. The number of nitrogens with one attached hydrogen (secondary N) is 2. The maximum Gasteiger partial charge on any atom is 0.234 e. The zero-order valence-corrected chi connectivity index (χ0v) is 11.6. The summed E-state index contributed by atoms with van der Waals surface area (Å²) in [6.07, 6.45) is 1.94. The number of hydrogen-bond donors (Lipinski definition) is 2. The van der Waals surface area contributed by atoms with Crippen LogP contribution in [0, 0.1) is 0 Å². The molecule has 3 nitrogen and oxygen atoms in total. The molecule has 0 bridgehead atoms. The topological polar surface area (TPSA) is 41.1 Å². The van der Waals surface area contributed by atoms with Crippen LogP contribution in [0.1, 0.15) is 32.8 Å². The molecule has 0 saturated heterocycles. The number of thiophene rings is 1. The van der Waals surface area contributed by atoms with Gasteiger partial charge in [-0.05, 0) is 49.1 Å². The van der Waals surface area contributed by atoms with Gasteiger partial charge in [-0.15, -0.1) is 0 Å². The molecule has 1 amide bonds. The van der Waals surface area contributed by atoms with Crippen LogP contribution >= 0.6 is 11.3 Å². The molecule has 1 aromatic rings. The second-order valence-corrected chi connectivity index (χ2v) is 5.27. The van der Waals surface area contributed by atoms with Crippen LogP contribution in [0.15, 0.2) is 16.8 Å². The van der Waals surface area contributed by atoms with E-state index in [1.165, 1.54) is 5.56 Å². The lowest BCUT2D eigenvalue weighted by molar-refractivity contribution is -0.120. The molecule has 2 atom stereocenters. The predicted molar refractivity (Wildman–Crippen MR) is 73.4 cm³/mol. The predicted octanol–water partition coefficient (Wildman–Crippen LogP) is 2.18. The molecule has 17 heavy (non-hydrogen) atoms. The van der Waals surface area contributed by atoms with Gasteiger partial charge in [0.1, 0.15) is 0 Å². The molecule has 0 aliphatic rings. The molecule has 0 saturated carbocycles. The summed E-state index contributed by atoms with van der Waals surface area (Å²) in [5.74, 6) is 0.0801. The lowest BCUT2D eigenvalue weighted by atomic mass is 10.1. The van der Waals surface area contributed by atoms with Crippen LogP contribution in [0.3, 0.4) is 0 Å². The van der Waals surface area contributed by atoms with E-state index in [9.17, 15) is 4.79 Å². The van der Waals surface area contributed by atoms with Crippen molar-refractivity contribution in [2.24, 2.45) is 0 Å². The van der Waals surface area contributed by atoms with Crippen LogP contribution in [0.4, 0.5) is 0 Å². The largest absolute Gasteiger partial charge is 0.353 e. The van der Waals surface area contributed by atoms with Crippen molar-refractivity contribution in [2.75, 3.05) is 6.54 Å². The van der Waals surface area contributed by atoms with Crippen LogP contribution in [-0.2, 0) is 11.2 Å². The van der Waals surface area contributed by atoms with Gasteiger partial charge in [0.2, 0.25) is 5.91 Å². The molecule has 0 aromatic carbocycles. The van der Waals surface area contributed by atoms with Gasteiger partial charge in [0.15, 0.2) is 0 Å². The van der Waals surface area contributed by atoms with Crippen molar-refractivity contribution in [3.05, 3.63) is 22.4 Å². The minimum atomic E-state index is 0.0801. The van der Waals surface area contributed by atoms with E-state index in [2.05, 4.69) is 41.3 Å². The van der Waals surface area contributed by atoms with Gasteiger partial charge in [0.05, 0.1) is 6.54 Å². The number of amides is 1. The van der Waals surface area contributed by atoms with Crippen molar-refractivity contribution in [3.8, 4) is 0 Å². The minimum Gasteiger partial charge on any atom is -0.353 e. The second-order valence-electron chi connectivity index (χ2n) is 4.49. The van der Waals surface area contributed by atoms with Crippen molar-refractivity contribution in [3.63, 3.8) is 0 Å². The van der Waals surface area contributed by atoms with Gasteiger partial charge in [-0.3, -0.25) is 4.79 Å². The fraction of sp³-hybridized carbons (Fsp3) is 0.615. The van der Waals surface area contributed by atoms with E-state index >= 15 is 0 Å². The van der Waals surface area contributed by atoms with Gasteiger partial charge >= 0.3 is 0 Å². The average molecular weight is 254 g/mol. The summed E-state index contributed by atoms with van der Waals surface area (Å²) in [6.45, 7) is 6.59. The molecule has 1 heterocycles. The Hall–Kier alpha value is -0.870. The van der Waals surface area contributed by atoms with E-state index in [1.54, 1.807) is 11.3 Å². The Balaban J connectivity index is 2.19. The molecule has 1 rings (SSSR count). The third-order valence-electron chi connectivity index (χ3n) is 2.75. The zero-order chi connectivity index (χ0) is 12.7. The van der Waals surface area contributed by atoms with Gasteiger partial charge in [-0.2, -0.15) is 11.3 Å². The monoisotopic (exact) mass is 254 g/mol. The first-order valence-electron chi connectivity index (χ1n) is 6.15. The quantitative estimate of drug-likeness (QED) is 0.783. The molecule has 0 aliphatic heterocycles. The standard InChI is InChI=1S/C13H22N2OS/c1-4-10(2)15-13(16)8-14-11(3)7-12-5-6-17-9-12/h5-6,9-11,14H,4,7-8H2,1-3H3,(H,15,16). The highest BCUT2D eigenvalue weighted by Gasteiger charge is 2.08. The SMILES string of the molecule is CCC(C)NC(=O)CNC(C)Cc1ccsc1. The molecule has 96 valence electrons. The van der Waals surface area contributed by atoms with Crippen molar-refractivity contribution in [1.29, 1.82) is 0 Å². The Labute approximate surface area is 108 Å². The summed E-state index contributed by atoms with van der Waals surface area (Å²) in [4.78, 5) is 11.5. The van der Waals surface area contributed by atoms with Crippen LogP contribution in [0.2, 0.25) is 0 Å². The molecule has 4 heteroatoms. The maximum absolute atomic E-state index is 11.5. The van der Waals surface area contributed by atoms with Gasteiger partial charge < -0.3 is 10.6 Å². The number of carbonyl (C=O) groups excluding carboxylic acids is 1.